The first-order valence-electron chi connectivity index (χ1n) is 6.87. The first kappa shape index (κ1) is 15.3. The lowest BCUT2D eigenvalue weighted by atomic mass is 10.2. The summed E-state index contributed by atoms with van der Waals surface area (Å²) in [4.78, 5) is 10.6. The Kier molecular flexibility index (Phi) is 5.57. The topological polar surface area (TPSA) is 64.4 Å². The number of ether oxygens (including phenoxy) is 1. The molecule has 2 rings (SSSR count). The van der Waals surface area contributed by atoms with E-state index in [0.717, 1.165) is 25.1 Å². The molecule has 0 radical (unpaired) electrons. The molecule has 0 aliphatic carbocycles. The third-order valence-corrected chi connectivity index (χ3v) is 3.67. The average molecular weight is 306 g/mol. The molecule has 0 atom stereocenters. The summed E-state index contributed by atoms with van der Waals surface area (Å²) >= 11 is 1.68. The van der Waals surface area contributed by atoms with Crippen molar-refractivity contribution in [1.82, 2.24) is 0 Å². The fraction of sp³-hybridized carbons (Fsp3) is 0.333. The molecular formula is C15H18N2O3S. The Labute approximate surface area is 127 Å². The zero-order valence-electron chi connectivity index (χ0n) is 11.9. The predicted octanol–water partition coefficient (Wildman–Crippen LogP) is 4.10. The van der Waals surface area contributed by atoms with Crippen LogP contribution in [0, 0.1) is 10.1 Å². The van der Waals surface area contributed by atoms with E-state index < -0.39 is 4.92 Å². The van der Waals surface area contributed by atoms with E-state index >= 15 is 0 Å². The fourth-order valence-electron chi connectivity index (χ4n) is 1.89. The van der Waals surface area contributed by atoms with Crippen LogP contribution in [0.15, 0.2) is 35.0 Å². The summed E-state index contributed by atoms with van der Waals surface area (Å²) in [6.07, 6.45) is 1.73. The van der Waals surface area contributed by atoms with Crippen LogP contribution in [-0.2, 0) is 6.42 Å². The number of nitro benzene ring substituents is 1. The molecule has 1 heterocycles. The Balaban J connectivity index is 2.00. The van der Waals surface area contributed by atoms with Gasteiger partial charge in [0, 0.05) is 24.4 Å². The van der Waals surface area contributed by atoms with Gasteiger partial charge in [-0.05, 0) is 41.3 Å². The number of hydrogen-bond acceptors (Lipinski definition) is 5. The SMILES string of the molecule is CCCOc1cc(NCCc2ccsc2)ccc1[N+](=O)[O-]. The summed E-state index contributed by atoms with van der Waals surface area (Å²) < 4.78 is 5.46. The van der Waals surface area contributed by atoms with Crippen LogP contribution in [0.4, 0.5) is 11.4 Å². The highest BCUT2D eigenvalue weighted by Crippen LogP contribution is 2.30. The van der Waals surface area contributed by atoms with Crippen LogP contribution >= 0.6 is 11.3 Å². The molecule has 1 aromatic heterocycles. The highest BCUT2D eigenvalue weighted by atomic mass is 32.1. The summed E-state index contributed by atoms with van der Waals surface area (Å²) in [6.45, 7) is 3.22. The maximum Gasteiger partial charge on any atom is 0.311 e. The molecule has 2 aromatic rings. The molecule has 0 amide bonds. The van der Waals surface area contributed by atoms with Crippen molar-refractivity contribution < 1.29 is 9.66 Å². The molecule has 0 bridgehead atoms. The number of thiophene rings is 1. The maximum absolute atomic E-state index is 11.0. The highest BCUT2D eigenvalue weighted by Gasteiger charge is 2.15. The van der Waals surface area contributed by atoms with E-state index in [2.05, 4.69) is 22.1 Å². The van der Waals surface area contributed by atoms with Crippen molar-refractivity contribution in [1.29, 1.82) is 0 Å². The molecule has 0 aliphatic rings. The standard InChI is InChI=1S/C15H18N2O3S/c1-2-8-20-15-10-13(3-4-14(15)17(18)19)16-7-5-12-6-9-21-11-12/h3-4,6,9-11,16H,2,5,7-8H2,1H3. The zero-order valence-corrected chi connectivity index (χ0v) is 12.7. The van der Waals surface area contributed by atoms with E-state index in [9.17, 15) is 10.1 Å². The Morgan fingerprint density at radius 2 is 2.24 bits per heavy atom. The number of nitrogens with zero attached hydrogens (tertiary/aromatic N) is 1. The quantitative estimate of drug-likeness (QED) is 0.589. The first-order chi connectivity index (χ1) is 10.2. The van der Waals surface area contributed by atoms with Crippen LogP contribution in [0.5, 0.6) is 5.75 Å². The Bertz CT molecular complexity index is 585. The molecule has 6 heteroatoms. The maximum atomic E-state index is 11.0. The monoisotopic (exact) mass is 306 g/mol. The van der Waals surface area contributed by atoms with E-state index in [1.807, 2.05) is 6.92 Å². The Morgan fingerprint density at radius 1 is 1.38 bits per heavy atom. The summed E-state index contributed by atoms with van der Waals surface area (Å²) in [7, 11) is 0. The second kappa shape index (κ2) is 7.64. The average Bonchev–Trinajstić information content (AvgIpc) is 2.98. The number of nitro groups is 1. The minimum atomic E-state index is -0.417. The van der Waals surface area contributed by atoms with Gasteiger partial charge in [0.2, 0.25) is 0 Å². The molecule has 5 nitrogen and oxygen atoms in total. The van der Waals surface area contributed by atoms with E-state index in [-0.39, 0.29) is 5.69 Å². The van der Waals surface area contributed by atoms with Crippen molar-refractivity contribution in [3.05, 3.63) is 50.7 Å². The van der Waals surface area contributed by atoms with E-state index in [1.54, 1.807) is 23.5 Å². The lowest BCUT2D eigenvalue weighted by Gasteiger charge is -2.09. The predicted molar refractivity (Wildman–Crippen MR) is 85.4 cm³/mol. The lowest BCUT2D eigenvalue weighted by molar-refractivity contribution is -0.385. The van der Waals surface area contributed by atoms with Crippen LogP contribution in [0.2, 0.25) is 0 Å². The van der Waals surface area contributed by atoms with Gasteiger partial charge in [-0.3, -0.25) is 10.1 Å². The van der Waals surface area contributed by atoms with Gasteiger partial charge in [0.1, 0.15) is 0 Å². The van der Waals surface area contributed by atoms with Gasteiger partial charge in [-0.25, -0.2) is 0 Å². The van der Waals surface area contributed by atoms with Gasteiger partial charge >= 0.3 is 5.69 Å². The molecule has 0 unspecified atom stereocenters. The van der Waals surface area contributed by atoms with Crippen molar-refractivity contribution in [2.24, 2.45) is 0 Å². The molecule has 1 N–H and O–H groups in total. The summed E-state index contributed by atoms with van der Waals surface area (Å²) in [5.74, 6) is 0.322. The number of nitrogens with one attached hydrogen (secondary N) is 1. The van der Waals surface area contributed by atoms with Crippen LogP contribution < -0.4 is 10.1 Å². The number of hydrogen-bond donors (Lipinski definition) is 1. The highest BCUT2D eigenvalue weighted by molar-refractivity contribution is 7.07. The second-order valence-electron chi connectivity index (χ2n) is 4.60. The van der Waals surface area contributed by atoms with Crippen LogP contribution in [0.25, 0.3) is 0 Å². The van der Waals surface area contributed by atoms with Crippen molar-refractivity contribution in [2.75, 3.05) is 18.5 Å². The van der Waals surface area contributed by atoms with Crippen molar-refractivity contribution in [3.63, 3.8) is 0 Å². The smallest absolute Gasteiger partial charge is 0.311 e. The molecule has 21 heavy (non-hydrogen) atoms. The Hall–Kier alpha value is -2.08. The van der Waals surface area contributed by atoms with Gasteiger partial charge in [0.05, 0.1) is 11.5 Å². The van der Waals surface area contributed by atoms with Crippen LogP contribution in [0.1, 0.15) is 18.9 Å². The molecule has 0 spiro atoms. The van der Waals surface area contributed by atoms with Crippen LogP contribution in [0.3, 0.4) is 0 Å². The molecule has 112 valence electrons. The number of benzene rings is 1. The fourth-order valence-corrected chi connectivity index (χ4v) is 2.59. The third kappa shape index (κ3) is 4.46. The minimum Gasteiger partial charge on any atom is -0.487 e. The van der Waals surface area contributed by atoms with E-state index in [4.69, 9.17) is 4.74 Å². The van der Waals surface area contributed by atoms with Crippen molar-refractivity contribution in [3.8, 4) is 5.75 Å². The Morgan fingerprint density at radius 3 is 2.90 bits per heavy atom. The van der Waals surface area contributed by atoms with Gasteiger partial charge in [-0.15, -0.1) is 0 Å². The van der Waals surface area contributed by atoms with Gasteiger partial charge in [-0.1, -0.05) is 6.92 Å². The second-order valence-corrected chi connectivity index (χ2v) is 5.38. The first-order valence-corrected chi connectivity index (χ1v) is 7.81. The summed E-state index contributed by atoms with van der Waals surface area (Å²) in [6, 6.07) is 6.99. The molecule has 1 aromatic carbocycles. The normalized spacial score (nSPS) is 10.3. The molecule has 0 saturated heterocycles. The zero-order chi connectivity index (χ0) is 15.1. The van der Waals surface area contributed by atoms with Crippen molar-refractivity contribution >= 4 is 22.7 Å². The van der Waals surface area contributed by atoms with Crippen LogP contribution in [-0.4, -0.2) is 18.1 Å². The van der Waals surface area contributed by atoms with Crippen molar-refractivity contribution in [2.45, 2.75) is 19.8 Å². The minimum absolute atomic E-state index is 0.00633. The van der Waals surface area contributed by atoms with Gasteiger partial charge in [0.25, 0.3) is 0 Å². The van der Waals surface area contributed by atoms with E-state index in [1.165, 1.54) is 11.6 Å². The van der Waals surface area contributed by atoms with E-state index in [0.29, 0.717) is 12.4 Å². The number of rotatable bonds is 8. The van der Waals surface area contributed by atoms with Gasteiger partial charge in [0.15, 0.2) is 5.75 Å². The van der Waals surface area contributed by atoms with Gasteiger partial charge in [-0.2, -0.15) is 11.3 Å². The number of anilines is 1. The third-order valence-electron chi connectivity index (χ3n) is 2.94. The molecule has 0 fully saturated rings. The summed E-state index contributed by atoms with van der Waals surface area (Å²) in [5, 5.41) is 18.4. The summed E-state index contributed by atoms with van der Waals surface area (Å²) in [5.41, 5.74) is 2.13. The lowest BCUT2D eigenvalue weighted by Crippen LogP contribution is -2.05. The molecule has 0 aliphatic heterocycles. The molecular weight excluding hydrogens is 288 g/mol. The largest absolute Gasteiger partial charge is 0.487 e. The van der Waals surface area contributed by atoms with Gasteiger partial charge < -0.3 is 10.1 Å². The molecule has 0 saturated carbocycles.